The molecular formula is C19H15BrN4O2S. The minimum Gasteiger partial charge on any atom is -0.327 e. The van der Waals surface area contributed by atoms with Crippen LogP contribution in [0.1, 0.15) is 11.1 Å². The maximum absolute atomic E-state index is 12.6. The number of para-hydroxylation sites is 1. The Bertz CT molecular complexity index is 1120. The minimum atomic E-state index is -3.64. The van der Waals surface area contributed by atoms with Crippen LogP contribution in [0.4, 0.5) is 11.5 Å². The SMILES string of the molecule is O=S(=O)(Cc1ccccc1)c1ncc2c(n1)N=CN(c1ccccc1Br)C2. The molecule has 3 aromatic rings. The van der Waals surface area contributed by atoms with Crippen molar-refractivity contribution in [1.29, 1.82) is 0 Å². The van der Waals surface area contributed by atoms with E-state index in [0.29, 0.717) is 17.9 Å². The van der Waals surface area contributed by atoms with E-state index in [9.17, 15) is 8.42 Å². The van der Waals surface area contributed by atoms with Crippen LogP contribution in [0.5, 0.6) is 0 Å². The van der Waals surface area contributed by atoms with Crippen LogP contribution in [-0.4, -0.2) is 24.7 Å². The minimum absolute atomic E-state index is 0.139. The third-order valence-electron chi connectivity index (χ3n) is 4.12. The summed E-state index contributed by atoms with van der Waals surface area (Å²) in [5.74, 6) is 0.249. The standard InChI is InChI=1S/C19H15BrN4O2S/c20-16-8-4-5-9-17(16)24-11-15-10-21-19(23-18(15)22-13-24)27(25,26)12-14-6-2-1-3-7-14/h1-10,13H,11-12H2. The van der Waals surface area contributed by atoms with Gasteiger partial charge in [-0.05, 0) is 33.6 Å². The molecule has 0 spiro atoms. The zero-order valence-corrected chi connectivity index (χ0v) is 16.6. The normalized spacial score (nSPS) is 13.4. The van der Waals surface area contributed by atoms with Gasteiger partial charge in [0.05, 0.1) is 24.3 Å². The molecule has 4 rings (SSSR count). The van der Waals surface area contributed by atoms with E-state index >= 15 is 0 Å². The summed E-state index contributed by atoms with van der Waals surface area (Å²) in [5.41, 5.74) is 2.43. The van der Waals surface area contributed by atoms with E-state index < -0.39 is 9.84 Å². The first-order chi connectivity index (χ1) is 13.0. The second kappa shape index (κ2) is 7.21. The highest BCUT2D eigenvalue weighted by atomic mass is 79.9. The van der Waals surface area contributed by atoms with Crippen LogP contribution in [0.15, 0.2) is 75.4 Å². The third-order valence-corrected chi connectivity index (χ3v) is 6.26. The molecule has 0 N–H and O–H groups in total. The summed E-state index contributed by atoms with van der Waals surface area (Å²) in [4.78, 5) is 14.6. The van der Waals surface area contributed by atoms with E-state index in [4.69, 9.17) is 0 Å². The molecule has 0 atom stereocenters. The number of benzene rings is 2. The number of nitrogens with zero attached hydrogens (tertiary/aromatic N) is 4. The molecule has 0 aliphatic carbocycles. The zero-order chi connectivity index (χ0) is 18.9. The summed E-state index contributed by atoms with van der Waals surface area (Å²) >= 11 is 3.53. The van der Waals surface area contributed by atoms with Crippen LogP contribution in [-0.2, 0) is 22.1 Å². The van der Waals surface area contributed by atoms with E-state index in [1.807, 2.05) is 35.2 Å². The molecule has 1 aliphatic heterocycles. The number of halogens is 1. The lowest BCUT2D eigenvalue weighted by molar-refractivity contribution is 0.585. The number of fused-ring (bicyclic) bond motifs is 1. The number of hydrogen-bond acceptors (Lipinski definition) is 6. The monoisotopic (exact) mass is 442 g/mol. The van der Waals surface area contributed by atoms with Gasteiger partial charge in [0.15, 0.2) is 5.82 Å². The average Bonchev–Trinajstić information content (AvgIpc) is 2.68. The van der Waals surface area contributed by atoms with Crippen molar-refractivity contribution in [2.45, 2.75) is 17.5 Å². The first kappa shape index (κ1) is 17.8. The van der Waals surface area contributed by atoms with Gasteiger partial charge in [-0.2, -0.15) is 4.98 Å². The van der Waals surface area contributed by atoms with Crippen molar-refractivity contribution < 1.29 is 8.42 Å². The number of aromatic nitrogens is 2. The molecule has 2 aromatic carbocycles. The van der Waals surface area contributed by atoms with Crippen molar-refractivity contribution in [3.05, 3.63) is 76.4 Å². The van der Waals surface area contributed by atoms with E-state index in [2.05, 4.69) is 30.9 Å². The molecule has 8 heteroatoms. The van der Waals surface area contributed by atoms with Gasteiger partial charge in [0.1, 0.15) is 0 Å². The number of anilines is 1. The highest BCUT2D eigenvalue weighted by molar-refractivity contribution is 9.10. The first-order valence-electron chi connectivity index (χ1n) is 8.21. The molecule has 0 saturated heterocycles. The predicted molar refractivity (Wildman–Crippen MR) is 108 cm³/mol. The second-order valence-corrected chi connectivity index (χ2v) is 8.81. The summed E-state index contributed by atoms with van der Waals surface area (Å²) in [6, 6.07) is 16.8. The molecule has 0 amide bonds. The Hall–Kier alpha value is -2.58. The van der Waals surface area contributed by atoms with Crippen molar-refractivity contribution >= 4 is 43.6 Å². The average molecular weight is 443 g/mol. The van der Waals surface area contributed by atoms with Gasteiger partial charge >= 0.3 is 0 Å². The molecule has 2 heterocycles. The lowest BCUT2D eigenvalue weighted by Crippen LogP contribution is -2.24. The van der Waals surface area contributed by atoms with E-state index in [-0.39, 0.29) is 10.9 Å². The molecular weight excluding hydrogens is 428 g/mol. The van der Waals surface area contributed by atoms with Crippen molar-refractivity contribution in [1.82, 2.24) is 9.97 Å². The van der Waals surface area contributed by atoms with Gasteiger partial charge in [0.2, 0.25) is 15.0 Å². The number of aliphatic imine (C=N–C) groups is 1. The molecule has 136 valence electrons. The Morgan fingerprint density at radius 2 is 1.78 bits per heavy atom. The molecule has 0 unspecified atom stereocenters. The highest BCUT2D eigenvalue weighted by Gasteiger charge is 2.23. The third kappa shape index (κ3) is 3.77. The Morgan fingerprint density at radius 3 is 2.56 bits per heavy atom. The van der Waals surface area contributed by atoms with Crippen molar-refractivity contribution in [2.75, 3.05) is 4.90 Å². The lowest BCUT2D eigenvalue weighted by atomic mass is 10.2. The topological polar surface area (TPSA) is 75.5 Å². The molecule has 0 bridgehead atoms. The van der Waals surface area contributed by atoms with Gasteiger partial charge in [-0.1, -0.05) is 42.5 Å². The van der Waals surface area contributed by atoms with Crippen molar-refractivity contribution in [2.24, 2.45) is 4.99 Å². The zero-order valence-electron chi connectivity index (χ0n) is 14.2. The largest absolute Gasteiger partial charge is 0.327 e. The molecule has 0 fully saturated rings. The fourth-order valence-corrected chi connectivity index (χ4v) is 4.51. The molecule has 27 heavy (non-hydrogen) atoms. The van der Waals surface area contributed by atoms with Gasteiger partial charge < -0.3 is 4.90 Å². The number of hydrogen-bond donors (Lipinski definition) is 0. The molecule has 1 aromatic heterocycles. The molecule has 6 nitrogen and oxygen atoms in total. The Morgan fingerprint density at radius 1 is 1.04 bits per heavy atom. The van der Waals surface area contributed by atoms with E-state index in [1.165, 1.54) is 0 Å². The summed E-state index contributed by atoms with van der Waals surface area (Å²) in [5, 5.41) is -0.198. The quantitative estimate of drug-likeness (QED) is 0.572. The van der Waals surface area contributed by atoms with Crippen LogP contribution >= 0.6 is 15.9 Å². The fourth-order valence-electron chi connectivity index (χ4n) is 2.79. The Balaban J connectivity index is 1.61. The molecule has 0 radical (unpaired) electrons. The van der Waals surface area contributed by atoms with E-state index in [1.54, 1.807) is 36.8 Å². The Labute approximate surface area is 165 Å². The number of rotatable bonds is 4. The van der Waals surface area contributed by atoms with Crippen LogP contribution in [0.3, 0.4) is 0 Å². The van der Waals surface area contributed by atoms with Crippen LogP contribution in [0, 0.1) is 0 Å². The lowest BCUT2D eigenvalue weighted by Gasteiger charge is -2.24. The first-order valence-corrected chi connectivity index (χ1v) is 10.7. The van der Waals surface area contributed by atoms with Crippen LogP contribution in [0.25, 0.3) is 0 Å². The number of sulfone groups is 1. The summed E-state index contributed by atoms with van der Waals surface area (Å²) in [7, 11) is -3.64. The van der Waals surface area contributed by atoms with Gasteiger partial charge in [-0.15, -0.1) is 0 Å². The molecule has 1 aliphatic rings. The van der Waals surface area contributed by atoms with Crippen molar-refractivity contribution in [3.63, 3.8) is 0 Å². The van der Waals surface area contributed by atoms with Crippen LogP contribution < -0.4 is 4.90 Å². The summed E-state index contributed by atoms with van der Waals surface area (Å²) in [6.07, 6.45) is 3.20. The van der Waals surface area contributed by atoms with Crippen LogP contribution in [0.2, 0.25) is 0 Å². The van der Waals surface area contributed by atoms with E-state index in [0.717, 1.165) is 15.7 Å². The van der Waals surface area contributed by atoms with Crippen molar-refractivity contribution in [3.8, 4) is 0 Å². The van der Waals surface area contributed by atoms with Gasteiger partial charge in [0, 0.05) is 16.2 Å². The predicted octanol–water partition coefficient (Wildman–Crippen LogP) is 3.89. The highest BCUT2D eigenvalue weighted by Crippen LogP contribution is 2.30. The smallest absolute Gasteiger partial charge is 0.249 e. The molecule has 0 saturated carbocycles. The fraction of sp³-hybridized carbons (Fsp3) is 0.105. The maximum atomic E-state index is 12.6. The summed E-state index contributed by atoms with van der Waals surface area (Å²) < 4.78 is 26.2. The maximum Gasteiger partial charge on any atom is 0.249 e. The van der Waals surface area contributed by atoms with Gasteiger partial charge in [-0.3, -0.25) is 0 Å². The Kier molecular flexibility index (Phi) is 4.75. The van der Waals surface area contributed by atoms with Gasteiger partial charge in [-0.25, -0.2) is 18.4 Å². The van der Waals surface area contributed by atoms with Gasteiger partial charge in [0.25, 0.3) is 0 Å². The second-order valence-electron chi connectivity index (χ2n) is 6.07. The summed E-state index contributed by atoms with van der Waals surface area (Å²) in [6.45, 7) is 0.514.